The van der Waals surface area contributed by atoms with E-state index in [0.29, 0.717) is 19.8 Å². The molecule has 1 rings (SSSR count). The summed E-state index contributed by atoms with van der Waals surface area (Å²) in [6, 6.07) is 6.37. The number of methoxy groups -OCH3 is 2. The van der Waals surface area contributed by atoms with Crippen LogP contribution in [-0.2, 0) is 16.0 Å². The minimum atomic E-state index is 0.551. The molecule has 1 aromatic carbocycles. The molecule has 0 radical (unpaired) electrons. The summed E-state index contributed by atoms with van der Waals surface area (Å²) in [5, 5.41) is 0. The zero-order chi connectivity index (χ0) is 14.8. The quantitative estimate of drug-likeness (QED) is 0.672. The van der Waals surface area contributed by atoms with E-state index in [4.69, 9.17) is 15.2 Å². The second-order valence-corrected chi connectivity index (χ2v) is 5.67. The lowest BCUT2D eigenvalue weighted by atomic mass is 10.1. The highest BCUT2D eigenvalue weighted by Gasteiger charge is 2.13. The molecular weight excluding hydrogens is 272 g/mol. The molecule has 0 heterocycles. The zero-order valence-electron chi connectivity index (χ0n) is 12.7. The molecule has 20 heavy (non-hydrogen) atoms. The maximum absolute atomic E-state index is 5.97. The third-order valence-electron chi connectivity index (χ3n) is 3.08. The summed E-state index contributed by atoms with van der Waals surface area (Å²) in [5.74, 6) is 1.05. The van der Waals surface area contributed by atoms with Gasteiger partial charge in [-0.2, -0.15) is 0 Å². The average molecular weight is 298 g/mol. The summed E-state index contributed by atoms with van der Waals surface area (Å²) in [4.78, 5) is 3.56. The van der Waals surface area contributed by atoms with E-state index in [1.165, 1.54) is 16.1 Å². The molecule has 0 spiro atoms. The molecule has 0 saturated heterocycles. The maximum atomic E-state index is 5.97. The Morgan fingerprint density at radius 3 is 2.30 bits per heavy atom. The smallest absolute Gasteiger partial charge is 0.0637 e. The first-order valence-corrected chi connectivity index (χ1v) is 7.94. The molecule has 0 fully saturated rings. The molecule has 5 heteroatoms. The lowest BCUT2D eigenvalue weighted by molar-refractivity contribution is 0.190. The SMILES string of the molecule is CCSc1cccc(N(CCOC)CCOC)c1CN. The number of nitrogens with zero attached hydrogens (tertiary/aromatic N) is 1. The highest BCUT2D eigenvalue weighted by Crippen LogP contribution is 2.30. The molecule has 0 bridgehead atoms. The van der Waals surface area contributed by atoms with Gasteiger partial charge in [-0.25, -0.2) is 0 Å². The Morgan fingerprint density at radius 2 is 1.80 bits per heavy atom. The molecular formula is C15H26N2O2S. The molecule has 1 aromatic rings. The van der Waals surface area contributed by atoms with Crippen LogP contribution in [0.4, 0.5) is 5.69 Å². The van der Waals surface area contributed by atoms with Crippen molar-refractivity contribution in [3.8, 4) is 0 Å². The van der Waals surface area contributed by atoms with Crippen molar-refractivity contribution in [3.05, 3.63) is 23.8 Å². The number of thioether (sulfide) groups is 1. The van der Waals surface area contributed by atoms with E-state index in [1.54, 1.807) is 14.2 Å². The third-order valence-corrected chi connectivity index (χ3v) is 4.07. The van der Waals surface area contributed by atoms with Gasteiger partial charge >= 0.3 is 0 Å². The molecule has 0 aliphatic carbocycles. The first-order valence-electron chi connectivity index (χ1n) is 6.96. The van der Waals surface area contributed by atoms with Crippen LogP contribution in [0.25, 0.3) is 0 Å². The van der Waals surface area contributed by atoms with Gasteiger partial charge in [0.2, 0.25) is 0 Å². The van der Waals surface area contributed by atoms with Gasteiger partial charge in [0.25, 0.3) is 0 Å². The van der Waals surface area contributed by atoms with Gasteiger partial charge in [0.15, 0.2) is 0 Å². The number of benzene rings is 1. The molecule has 0 saturated carbocycles. The molecule has 0 aliphatic rings. The van der Waals surface area contributed by atoms with Crippen molar-refractivity contribution in [2.75, 3.05) is 51.2 Å². The van der Waals surface area contributed by atoms with Crippen LogP contribution < -0.4 is 10.6 Å². The van der Waals surface area contributed by atoms with E-state index in [2.05, 4.69) is 30.0 Å². The number of rotatable bonds is 10. The van der Waals surface area contributed by atoms with E-state index in [0.717, 1.165) is 18.8 Å². The Hall–Kier alpha value is -0.750. The summed E-state index contributed by atoms with van der Waals surface area (Å²) in [7, 11) is 3.45. The minimum Gasteiger partial charge on any atom is -0.383 e. The fraction of sp³-hybridized carbons (Fsp3) is 0.600. The van der Waals surface area contributed by atoms with Gasteiger partial charge in [0.1, 0.15) is 0 Å². The van der Waals surface area contributed by atoms with Crippen LogP contribution >= 0.6 is 11.8 Å². The predicted molar refractivity (Wildman–Crippen MR) is 86.7 cm³/mol. The summed E-state index contributed by atoms with van der Waals surface area (Å²) in [5.41, 5.74) is 8.38. The van der Waals surface area contributed by atoms with Crippen LogP contribution in [0.5, 0.6) is 0 Å². The molecule has 4 nitrogen and oxygen atoms in total. The Kier molecular flexibility index (Phi) is 8.69. The fourth-order valence-corrected chi connectivity index (χ4v) is 2.95. The average Bonchev–Trinajstić information content (AvgIpc) is 2.47. The number of nitrogens with two attached hydrogens (primary N) is 1. The molecule has 114 valence electrons. The van der Waals surface area contributed by atoms with Gasteiger partial charge < -0.3 is 20.1 Å². The summed E-state index contributed by atoms with van der Waals surface area (Å²) in [6.07, 6.45) is 0. The first kappa shape index (κ1) is 17.3. The Labute approximate surface area is 126 Å². The molecule has 0 aromatic heterocycles. The number of ether oxygens (including phenoxy) is 2. The van der Waals surface area contributed by atoms with Gasteiger partial charge in [-0.05, 0) is 17.9 Å². The first-order chi connectivity index (χ1) is 9.78. The van der Waals surface area contributed by atoms with E-state index < -0.39 is 0 Å². The highest BCUT2D eigenvalue weighted by atomic mass is 32.2. The monoisotopic (exact) mass is 298 g/mol. The largest absolute Gasteiger partial charge is 0.383 e. The van der Waals surface area contributed by atoms with Crippen molar-refractivity contribution in [2.45, 2.75) is 18.4 Å². The van der Waals surface area contributed by atoms with Gasteiger partial charge in [0.05, 0.1) is 13.2 Å². The van der Waals surface area contributed by atoms with Crippen LogP contribution in [0.15, 0.2) is 23.1 Å². The van der Waals surface area contributed by atoms with E-state index in [-0.39, 0.29) is 0 Å². The van der Waals surface area contributed by atoms with Gasteiger partial charge in [0, 0.05) is 50.0 Å². The molecule has 0 amide bonds. The van der Waals surface area contributed by atoms with Crippen molar-refractivity contribution >= 4 is 17.4 Å². The Morgan fingerprint density at radius 1 is 1.15 bits per heavy atom. The Bertz CT molecular complexity index is 380. The lowest BCUT2D eigenvalue weighted by Crippen LogP contribution is -2.31. The van der Waals surface area contributed by atoms with Crippen LogP contribution in [0.1, 0.15) is 12.5 Å². The van der Waals surface area contributed by atoms with Gasteiger partial charge in [-0.15, -0.1) is 11.8 Å². The van der Waals surface area contributed by atoms with Crippen molar-refractivity contribution in [3.63, 3.8) is 0 Å². The zero-order valence-corrected chi connectivity index (χ0v) is 13.5. The molecule has 0 aliphatic heterocycles. The van der Waals surface area contributed by atoms with Crippen molar-refractivity contribution in [2.24, 2.45) is 5.73 Å². The fourth-order valence-electron chi connectivity index (χ4n) is 2.10. The number of hydrogen-bond acceptors (Lipinski definition) is 5. The van der Waals surface area contributed by atoms with Crippen LogP contribution in [0.3, 0.4) is 0 Å². The third kappa shape index (κ3) is 4.98. The highest BCUT2D eigenvalue weighted by molar-refractivity contribution is 7.99. The van der Waals surface area contributed by atoms with E-state index in [1.807, 2.05) is 11.8 Å². The van der Waals surface area contributed by atoms with E-state index >= 15 is 0 Å². The number of anilines is 1. The predicted octanol–water partition coefficient (Wildman–Crippen LogP) is 2.36. The number of hydrogen-bond donors (Lipinski definition) is 1. The summed E-state index contributed by atoms with van der Waals surface area (Å²) >= 11 is 1.84. The maximum Gasteiger partial charge on any atom is 0.0637 e. The topological polar surface area (TPSA) is 47.7 Å². The van der Waals surface area contributed by atoms with Crippen molar-refractivity contribution in [1.29, 1.82) is 0 Å². The minimum absolute atomic E-state index is 0.551. The van der Waals surface area contributed by atoms with Crippen LogP contribution in [-0.4, -0.2) is 46.3 Å². The van der Waals surface area contributed by atoms with Gasteiger partial charge in [-0.1, -0.05) is 13.0 Å². The summed E-state index contributed by atoms with van der Waals surface area (Å²) in [6.45, 7) is 5.78. The molecule has 0 atom stereocenters. The second-order valence-electron chi connectivity index (χ2n) is 4.36. The molecule has 2 N–H and O–H groups in total. The summed E-state index contributed by atoms with van der Waals surface area (Å²) < 4.78 is 10.4. The van der Waals surface area contributed by atoms with Gasteiger partial charge in [-0.3, -0.25) is 0 Å². The van der Waals surface area contributed by atoms with E-state index in [9.17, 15) is 0 Å². The Balaban J connectivity index is 3.00. The standard InChI is InChI=1S/C15H26N2O2S/c1-4-20-15-7-5-6-14(13(15)12-16)17(8-10-18-2)9-11-19-3/h5-7H,4,8-12,16H2,1-3H3. The van der Waals surface area contributed by atoms with Crippen LogP contribution in [0, 0.1) is 0 Å². The van der Waals surface area contributed by atoms with Crippen molar-refractivity contribution in [1.82, 2.24) is 0 Å². The normalized spacial score (nSPS) is 10.8. The second kappa shape index (κ2) is 10.0. The van der Waals surface area contributed by atoms with Crippen molar-refractivity contribution < 1.29 is 9.47 Å². The van der Waals surface area contributed by atoms with Crippen LogP contribution in [0.2, 0.25) is 0 Å². The lowest BCUT2D eigenvalue weighted by Gasteiger charge is -2.27. The molecule has 0 unspecified atom stereocenters.